The molecule has 1 aromatic heterocycles. The molecule has 0 saturated carbocycles. The number of rotatable bonds is 5. The Labute approximate surface area is 227 Å². The Balaban J connectivity index is 1.34. The summed E-state index contributed by atoms with van der Waals surface area (Å²) in [5.41, 5.74) is -0.0176. The van der Waals surface area contributed by atoms with Crippen molar-refractivity contribution in [1.29, 1.82) is 0 Å². The first kappa shape index (κ1) is 25.4. The molecule has 2 amide bonds. The number of nitrogens with one attached hydrogen (secondary N) is 1. The Kier molecular flexibility index (Phi) is 6.39. The second kappa shape index (κ2) is 10.0. The predicted octanol–water partition coefficient (Wildman–Crippen LogP) is 4.06. The van der Waals surface area contributed by atoms with Gasteiger partial charge in [-0.3, -0.25) is 19.3 Å². The van der Waals surface area contributed by atoms with Crippen molar-refractivity contribution in [2.75, 3.05) is 0 Å². The molecule has 6 rings (SSSR count). The Morgan fingerprint density at radius 2 is 1.65 bits per heavy atom. The monoisotopic (exact) mass is 543 g/mol. The van der Waals surface area contributed by atoms with Gasteiger partial charge in [-0.15, -0.1) is 0 Å². The Bertz CT molecular complexity index is 1680. The maximum absolute atomic E-state index is 14.0. The smallest absolute Gasteiger partial charge is 0.277 e. The second-order valence-electron chi connectivity index (χ2n) is 9.63. The maximum atomic E-state index is 14.0. The zero-order valence-electron chi connectivity index (χ0n) is 21.0. The van der Waals surface area contributed by atoms with Crippen molar-refractivity contribution in [1.82, 2.24) is 14.8 Å². The van der Waals surface area contributed by atoms with E-state index < -0.39 is 58.6 Å². The third-order valence-electron chi connectivity index (χ3n) is 7.21. The van der Waals surface area contributed by atoms with Gasteiger partial charge >= 0.3 is 0 Å². The van der Waals surface area contributed by atoms with E-state index >= 15 is 0 Å². The van der Waals surface area contributed by atoms with Gasteiger partial charge in [0.1, 0.15) is 23.3 Å². The standard InChI is InChI=1S/C30H23F2N3O5/c31-20-12-11-19(22(32)13-20)14-33-29(38)21-15-34-16-23-35(30(39)25(34)27(37)26(21)36)24(17-7-3-1-4-8-17)28(40-23)18-9-5-2-6-10-18/h1-13,15,23-24,28,37H,14,16H2,(H,33,38)/t23?,24-,28-/m0/s1. The predicted molar refractivity (Wildman–Crippen MR) is 139 cm³/mol. The molecule has 3 atom stereocenters. The van der Waals surface area contributed by atoms with Crippen LogP contribution in [0, 0.1) is 11.6 Å². The molecular formula is C30H23F2N3O5. The van der Waals surface area contributed by atoms with Gasteiger partial charge in [0, 0.05) is 24.4 Å². The van der Waals surface area contributed by atoms with Crippen LogP contribution >= 0.6 is 0 Å². The van der Waals surface area contributed by atoms with Gasteiger partial charge in [0.25, 0.3) is 11.8 Å². The summed E-state index contributed by atoms with van der Waals surface area (Å²) in [6.07, 6.45) is -0.0732. The van der Waals surface area contributed by atoms with Crippen LogP contribution in [0.4, 0.5) is 8.78 Å². The van der Waals surface area contributed by atoms with Gasteiger partial charge in [-0.05, 0) is 17.2 Å². The molecule has 1 saturated heterocycles. The van der Waals surface area contributed by atoms with E-state index in [0.717, 1.165) is 17.2 Å². The molecule has 1 fully saturated rings. The quantitative estimate of drug-likeness (QED) is 0.396. The number of hydrogen-bond donors (Lipinski definition) is 2. The van der Waals surface area contributed by atoms with Crippen LogP contribution in [0.3, 0.4) is 0 Å². The summed E-state index contributed by atoms with van der Waals surface area (Å²) in [5, 5.41) is 13.3. The van der Waals surface area contributed by atoms with Crippen LogP contribution < -0.4 is 10.7 Å². The summed E-state index contributed by atoms with van der Waals surface area (Å²) in [4.78, 5) is 41.3. The Morgan fingerprint density at radius 1 is 0.975 bits per heavy atom. The average molecular weight is 544 g/mol. The highest BCUT2D eigenvalue weighted by atomic mass is 19.1. The van der Waals surface area contributed by atoms with Crippen molar-refractivity contribution in [2.24, 2.45) is 0 Å². The highest BCUT2D eigenvalue weighted by Gasteiger charge is 2.50. The Hall–Kier alpha value is -4.83. The number of aromatic nitrogens is 1. The first-order valence-corrected chi connectivity index (χ1v) is 12.6. The maximum Gasteiger partial charge on any atom is 0.277 e. The summed E-state index contributed by atoms with van der Waals surface area (Å²) in [6.45, 7) is -0.267. The molecule has 3 aromatic carbocycles. The van der Waals surface area contributed by atoms with Crippen molar-refractivity contribution in [3.63, 3.8) is 0 Å². The number of aromatic hydroxyl groups is 1. The van der Waals surface area contributed by atoms with Crippen molar-refractivity contribution in [2.45, 2.75) is 31.5 Å². The van der Waals surface area contributed by atoms with Crippen LogP contribution in [-0.2, 0) is 17.8 Å². The van der Waals surface area contributed by atoms with E-state index in [2.05, 4.69) is 5.32 Å². The van der Waals surface area contributed by atoms with Gasteiger partial charge in [-0.2, -0.15) is 0 Å². The summed E-state index contributed by atoms with van der Waals surface area (Å²) < 4.78 is 34.9. The van der Waals surface area contributed by atoms with Crippen LogP contribution in [0.5, 0.6) is 5.75 Å². The van der Waals surface area contributed by atoms with Crippen molar-refractivity contribution in [3.05, 3.63) is 135 Å². The van der Waals surface area contributed by atoms with E-state index in [9.17, 15) is 28.3 Å². The molecule has 0 radical (unpaired) electrons. The van der Waals surface area contributed by atoms with Gasteiger partial charge < -0.3 is 19.7 Å². The lowest BCUT2D eigenvalue weighted by Crippen LogP contribution is -2.47. The minimum atomic E-state index is -1.04. The first-order chi connectivity index (χ1) is 19.3. The lowest BCUT2D eigenvalue weighted by Gasteiger charge is -2.35. The van der Waals surface area contributed by atoms with Crippen molar-refractivity contribution >= 4 is 11.8 Å². The van der Waals surface area contributed by atoms with Crippen molar-refractivity contribution in [3.8, 4) is 5.75 Å². The lowest BCUT2D eigenvalue weighted by molar-refractivity contribution is -0.0154. The van der Waals surface area contributed by atoms with Gasteiger partial charge in [-0.25, -0.2) is 8.78 Å². The van der Waals surface area contributed by atoms with Crippen LogP contribution in [0.15, 0.2) is 89.9 Å². The van der Waals surface area contributed by atoms with E-state index in [4.69, 9.17) is 4.74 Å². The summed E-state index contributed by atoms with van der Waals surface area (Å²) in [7, 11) is 0. The third kappa shape index (κ3) is 4.32. The van der Waals surface area contributed by atoms with Gasteiger partial charge in [0.2, 0.25) is 5.43 Å². The summed E-state index contributed by atoms with van der Waals surface area (Å²) >= 11 is 0. The van der Waals surface area contributed by atoms with Crippen LogP contribution in [0.2, 0.25) is 0 Å². The third-order valence-corrected chi connectivity index (χ3v) is 7.21. The number of benzene rings is 3. The molecule has 0 bridgehead atoms. The fourth-order valence-corrected chi connectivity index (χ4v) is 5.32. The number of fused-ring (bicyclic) bond motifs is 2. The summed E-state index contributed by atoms with van der Waals surface area (Å²) in [6, 6.07) is 21.2. The number of ether oxygens (including phenoxy) is 1. The molecule has 2 aliphatic heterocycles. The SMILES string of the molecule is O=C(NCc1ccc(F)cc1F)c1cn2c(c(O)c1=O)C(=O)N1C(C2)O[C@@H](c2ccccc2)[C@@H]1c1ccccc1. The molecule has 3 heterocycles. The highest BCUT2D eigenvalue weighted by molar-refractivity contribution is 5.99. The molecule has 2 aliphatic rings. The molecule has 8 nitrogen and oxygen atoms in total. The summed E-state index contributed by atoms with van der Waals surface area (Å²) in [5.74, 6) is -3.97. The highest BCUT2D eigenvalue weighted by Crippen LogP contribution is 2.47. The number of carbonyl (C=O) groups excluding carboxylic acids is 2. The minimum absolute atomic E-state index is 0.0149. The first-order valence-electron chi connectivity index (χ1n) is 12.6. The van der Waals surface area contributed by atoms with Gasteiger partial charge in [-0.1, -0.05) is 66.7 Å². The Morgan fingerprint density at radius 3 is 2.33 bits per heavy atom. The fraction of sp³-hybridized carbons (Fsp3) is 0.167. The van der Waals surface area contributed by atoms with E-state index in [1.54, 1.807) is 0 Å². The number of amides is 2. The zero-order chi connectivity index (χ0) is 28.0. The van der Waals surface area contributed by atoms with Crippen molar-refractivity contribution < 1.29 is 28.2 Å². The normalized spacial score (nSPS) is 19.7. The molecular weight excluding hydrogens is 520 g/mol. The second-order valence-corrected chi connectivity index (χ2v) is 9.63. The molecule has 202 valence electrons. The molecule has 4 aromatic rings. The molecule has 10 heteroatoms. The topological polar surface area (TPSA) is 101 Å². The molecule has 40 heavy (non-hydrogen) atoms. The van der Waals surface area contributed by atoms with E-state index in [-0.39, 0.29) is 24.3 Å². The molecule has 0 spiro atoms. The average Bonchev–Trinajstić information content (AvgIpc) is 3.35. The molecule has 0 aliphatic carbocycles. The minimum Gasteiger partial charge on any atom is -0.503 e. The number of hydrogen-bond acceptors (Lipinski definition) is 5. The van der Waals surface area contributed by atoms with Gasteiger partial charge in [0.05, 0.1) is 12.6 Å². The number of pyridine rings is 1. The van der Waals surface area contributed by atoms with Crippen LogP contribution in [-0.4, -0.2) is 32.6 Å². The number of halogens is 2. The lowest BCUT2D eigenvalue weighted by atomic mass is 9.94. The largest absolute Gasteiger partial charge is 0.503 e. The van der Waals surface area contributed by atoms with E-state index in [1.165, 1.54) is 21.7 Å². The van der Waals surface area contributed by atoms with Crippen LogP contribution in [0.25, 0.3) is 0 Å². The van der Waals surface area contributed by atoms with Crippen LogP contribution in [0.1, 0.15) is 49.7 Å². The fourth-order valence-electron chi connectivity index (χ4n) is 5.32. The van der Waals surface area contributed by atoms with E-state index in [0.29, 0.717) is 6.07 Å². The van der Waals surface area contributed by atoms with E-state index in [1.807, 2.05) is 60.7 Å². The molecule has 1 unspecified atom stereocenters. The number of carbonyl (C=O) groups is 2. The van der Waals surface area contributed by atoms with Gasteiger partial charge in [0.15, 0.2) is 17.7 Å². The zero-order valence-corrected chi connectivity index (χ0v) is 21.0. The number of nitrogens with zero attached hydrogens (tertiary/aromatic N) is 2. The molecule has 2 N–H and O–H groups in total.